The Morgan fingerprint density at radius 3 is 2.18 bits per heavy atom. The predicted molar refractivity (Wildman–Crippen MR) is 162 cm³/mol. The molecule has 0 unspecified atom stereocenters. The molecule has 18 heteroatoms. The highest BCUT2D eigenvalue weighted by atomic mass is 19.4. The zero-order valence-electron chi connectivity index (χ0n) is 25.3. The molecule has 0 bridgehead atoms. The number of aromatic nitrogens is 6. The molecule has 49 heavy (non-hydrogen) atoms. The predicted octanol–water partition coefficient (Wildman–Crippen LogP) is 6.47. The fourth-order valence-corrected chi connectivity index (χ4v) is 4.49. The molecule has 1 saturated heterocycles. The van der Waals surface area contributed by atoms with Gasteiger partial charge in [-0.15, -0.1) is 5.10 Å². The van der Waals surface area contributed by atoms with E-state index >= 15 is 0 Å². The third-order valence-electron chi connectivity index (χ3n) is 6.93. The molecule has 0 aliphatic carbocycles. The SMILES string of the molecule is Cc1ccc(-c2ncn(-c3ccc(Nc4ncc(F)c(-c5cc(N6CCOCC6)cc(C(F)(F)F)c5)n4)cc3)n2)cn1.O=C(O)C(F)(F)F. The van der Waals surface area contributed by atoms with Gasteiger partial charge in [0, 0.05) is 47.5 Å². The van der Waals surface area contributed by atoms with Gasteiger partial charge in [-0.25, -0.2) is 28.8 Å². The first-order chi connectivity index (χ1) is 23.2. The maximum Gasteiger partial charge on any atom is 0.490 e. The molecule has 4 heterocycles. The van der Waals surface area contributed by atoms with Gasteiger partial charge < -0.3 is 20.1 Å². The summed E-state index contributed by atoms with van der Waals surface area (Å²) >= 11 is 0. The van der Waals surface area contributed by atoms with Crippen molar-refractivity contribution in [2.24, 2.45) is 0 Å². The second kappa shape index (κ2) is 14.2. The first-order valence-corrected chi connectivity index (χ1v) is 14.3. The van der Waals surface area contributed by atoms with Crippen molar-refractivity contribution in [3.05, 3.63) is 90.4 Å². The molecular formula is C31H25F7N8O3. The number of halogens is 7. The lowest BCUT2D eigenvalue weighted by atomic mass is 10.0. The quantitative estimate of drug-likeness (QED) is 0.191. The van der Waals surface area contributed by atoms with Crippen LogP contribution < -0.4 is 10.2 Å². The average Bonchev–Trinajstić information content (AvgIpc) is 3.56. The molecule has 256 valence electrons. The van der Waals surface area contributed by atoms with Crippen molar-refractivity contribution in [2.45, 2.75) is 19.3 Å². The van der Waals surface area contributed by atoms with E-state index in [9.17, 15) is 30.7 Å². The van der Waals surface area contributed by atoms with Gasteiger partial charge in [-0.3, -0.25) is 4.98 Å². The van der Waals surface area contributed by atoms with Gasteiger partial charge >= 0.3 is 18.3 Å². The van der Waals surface area contributed by atoms with Crippen LogP contribution in [-0.2, 0) is 15.7 Å². The lowest BCUT2D eigenvalue weighted by Gasteiger charge is -2.29. The number of carbonyl (C=O) groups is 1. The Labute approximate surface area is 273 Å². The van der Waals surface area contributed by atoms with Gasteiger partial charge in [0.05, 0.1) is 30.7 Å². The number of aliphatic carboxylic acids is 1. The van der Waals surface area contributed by atoms with Crippen LogP contribution in [0.2, 0.25) is 0 Å². The largest absolute Gasteiger partial charge is 0.490 e. The zero-order valence-corrected chi connectivity index (χ0v) is 25.3. The van der Waals surface area contributed by atoms with Crippen LogP contribution in [-0.4, -0.2) is 73.3 Å². The number of rotatable bonds is 6. The molecule has 6 rings (SSSR count). The number of carboxylic acids is 1. The second-order valence-corrected chi connectivity index (χ2v) is 10.4. The highest BCUT2D eigenvalue weighted by Crippen LogP contribution is 2.36. The topological polar surface area (TPSA) is 131 Å². The van der Waals surface area contributed by atoms with Crippen molar-refractivity contribution in [2.75, 3.05) is 36.5 Å². The highest BCUT2D eigenvalue weighted by molar-refractivity contribution is 5.73. The fourth-order valence-electron chi connectivity index (χ4n) is 4.49. The maximum atomic E-state index is 14.9. The number of benzene rings is 2. The summed E-state index contributed by atoms with van der Waals surface area (Å²) in [6.45, 7) is 3.53. The molecule has 0 atom stereocenters. The summed E-state index contributed by atoms with van der Waals surface area (Å²) in [4.78, 5) is 27.5. The lowest BCUT2D eigenvalue weighted by molar-refractivity contribution is -0.192. The first kappa shape index (κ1) is 34.7. The van der Waals surface area contributed by atoms with Crippen molar-refractivity contribution < 1.29 is 45.4 Å². The Morgan fingerprint density at radius 1 is 0.878 bits per heavy atom. The van der Waals surface area contributed by atoms with Gasteiger partial charge in [-0.2, -0.15) is 26.3 Å². The third kappa shape index (κ3) is 8.83. The van der Waals surface area contributed by atoms with Crippen molar-refractivity contribution >= 4 is 23.3 Å². The Balaban J connectivity index is 0.000000606. The van der Waals surface area contributed by atoms with E-state index in [1.54, 1.807) is 46.4 Å². The number of nitrogens with zero attached hydrogens (tertiary/aromatic N) is 7. The average molecular weight is 691 g/mol. The number of anilines is 3. The van der Waals surface area contributed by atoms with Gasteiger partial charge in [0.15, 0.2) is 11.6 Å². The number of hydrogen-bond acceptors (Lipinski definition) is 9. The van der Waals surface area contributed by atoms with Gasteiger partial charge in [0.2, 0.25) is 5.95 Å². The number of carboxylic acid groups (broad SMARTS) is 1. The molecule has 1 fully saturated rings. The number of morpholine rings is 1. The van der Waals surface area contributed by atoms with Crippen molar-refractivity contribution in [1.29, 1.82) is 0 Å². The summed E-state index contributed by atoms with van der Waals surface area (Å²) in [5.74, 6) is -3.04. The molecule has 5 aromatic rings. The molecule has 11 nitrogen and oxygen atoms in total. The van der Waals surface area contributed by atoms with Crippen LogP contribution in [0.5, 0.6) is 0 Å². The van der Waals surface area contributed by atoms with Crippen LogP contribution in [0.25, 0.3) is 28.3 Å². The van der Waals surface area contributed by atoms with Crippen molar-refractivity contribution in [3.8, 4) is 28.3 Å². The van der Waals surface area contributed by atoms with Crippen LogP contribution in [0.4, 0.5) is 48.1 Å². The van der Waals surface area contributed by atoms with E-state index in [1.165, 1.54) is 6.07 Å². The number of alkyl halides is 6. The minimum absolute atomic E-state index is 0.00428. The molecule has 0 amide bonds. The minimum atomic E-state index is -5.08. The lowest BCUT2D eigenvalue weighted by Crippen LogP contribution is -2.36. The second-order valence-electron chi connectivity index (χ2n) is 10.4. The Hall–Kier alpha value is -5.65. The number of nitrogens with one attached hydrogen (secondary N) is 1. The maximum absolute atomic E-state index is 14.9. The van der Waals surface area contributed by atoms with Crippen LogP contribution in [0.15, 0.2) is 73.3 Å². The monoisotopic (exact) mass is 690 g/mol. The molecule has 1 aliphatic rings. The standard InChI is InChI=1S/C29H24F4N8O.C2HF3O2/c1-18-2-3-19(15-34-18)27-36-17-41(39-27)23-6-4-22(5-7-23)37-28-35-16-25(30)26(38-28)20-12-21(29(31,32)33)14-24(13-20)40-8-10-42-11-9-40;3-2(4,5)1(6)7/h2-7,12-17H,8-11H2,1H3,(H,35,37,38);(H,6,7). The van der Waals surface area contributed by atoms with Crippen molar-refractivity contribution in [1.82, 2.24) is 29.7 Å². The molecule has 0 spiro atoms. The number of pyridine rings is 1. The van der Waals surface area contributed by atoms with E-state index in [2.05, 4.69) is 30.4 Å². The van der Waals surface area contributed by atoms with Gasteiger partial charge in [0.1, 0.15) is 12.0 Å². The molecule has 0 radical (unpaired) electrons. The smallest absolute Gasteiger partial charge is 0.475 e. The van der Waals surface area contributed by atoms with Crippen LogP contribution in [0, 0.1) is 12.7 Å². The highest BCUT2D eigenvalue weighted by Gasteiger charge is 2.38. The summed E-state index contributed by atoms with van der Waals surface area (Å²) in [6.07, 6.45) is -5.47. The van der Waals surface area contributed by atoms with Crippen LogP contribution >= 0.6 is 0 Å². The van der Waals surface area contributed by atoms with E-state index in [0.29, 0.717) is 43.5 Å². The first-order valence-electron chi connectivity index (χ1n) is 14.3. The van der Waals surface area contributed by atoms with Crippen LogP contribution in [0.1, 0.15) is 11.3 Å². The minimum Gasteiger partial charge on any atom is -0.475 e. The van der Waals surface area contributed by atoms with E-state index in [4.69, 9.17) is 14.6 Å². The van der Waals surface area contributed by atoms with Gasteiger partial charge in [-0.05, 0) is 61.5 Å². The van der Waals surface area contributed by atoms with E-state index < -0.39 is 29.7 Å². The molecule has 2 aromatic carbocycles. The summed E-state index contributed by atoms with van der Waals surface area (Å²) in [6, 6.07) is 14.3. The van der Waals surface area contributed by atoms with Crippen LogP contribution in [0.3, 0.4) is 0 Å². The van der Waals surface area contributed by atoms with Crippen molar-refractivity contribution in [3.63, 3.8) is 0 Å². The molecule has 2 N–H and O–H groups in total. The van der Waals surface area contributed by atoms with E-state index in [-0.39, 0.29) is 17.2 Å². The van der Waals surface area contributed by atoms with E-state index in [1.807, 2.05) is 19.1 Å². The zero-order chi connectivity index (χ0) is 35.3. The molecule has 1 aliphatic heterocycles. The summed E-state index contributed by atoms with van der Waals surface area (Å²) in [5, 5.41) is 14.6. The van der Waals surface area contributed by atoms with Gasteiger partial charge in [0.25, 0.3) is 0 Å². The summed E-state index contributed by atoms with van der Waals surface area (Å²) in [7, 11) is 0. The molecular weight excluding hydrogens is 665 g/mol. The van der Waals surface area contributed by atoms with E-state index in [0.717, 1.165) is 35.3 Å². The number of ether oxygens (including phenoxy) is 1. The summed E-state index contributed by atoms with van der Waals surface area (Å²) < 4.78 is 94.8. The molecule has 0 saturated carbocycles. The van der Waals surface area contributed by atoms with Gasteiger partial charge in [-0.1, -0.05) is 0 Å². The third-order valence-corrected chi connectivity index (χ3v) is 6.93. The number of aryl methyl sites for hydroxylation is 1. The Morgan fingerprint density at radius 2 is 1.57 bits per heavy atom. The Kier molecular flexibility index (Phi) is 10.1. The fraction of sp³-hybridized carbons (Fsp3) is 0.226. The normalized spacial score (nSPS) is 13.4. The number of hydrogen-bond donors (Lipinski definition) is 2. The Bertz CT molecular complexity index is 1910. The summed E-state index contributed by atoms with van der Waals surface area (Å²) in [5.41, 5.74) is 2.18. The molecule has 3 aromatic heterocycles.